The van der Waals surface area contributed by atoms with Crippen molar-refractivity contribution in [1.29, 1.82) is 0 Å². The number of thiophene rings is 1. The van der Waals surface area contributed by atoms with Crippen LogP contribution in [0.5, 0.6) is 0 Å². The maximum atomic E-state index is 11.5. The second kappa shape index (κ2) is 5.26. The molecule has 0 fully saturated rings. The maximum absolute atomic E-state index is 11.5. The molecule has 0 bridgehead atoms. The minimum absolute atomic E-state index is 0.374. The van der Waals surface area contributed by atoms with Crippen LogP contribution in [0.3, 0.4) is 0 Å². The smallest absolute Gasteiger partial charge is 0.338 e. The number of halogens is 1. The predicted octanol–water partition coefficient (Wildman–Crippen LogP) is 4.74. The number of carboxylic acid groups (broad SMARTS) is 1. The van der Waals surface area contributed by atoms with Crippen LogP contribution in [0.2, 0.25) is 0 Å². The standard InChI is InChI=1S/C15H16INO2S/c1-3-8-5-4-6-9-11(8)12-13(16)10(15(18)19)7(2)17-14(12)20-9/h8H,3-6H2,1-2H3,(H,18,19). The lowest BCUT2D eigenvalue weighted by Gasteiger charge is -2.22. The average molecular weight is 401 g/mol. The van der Waals surface area contributed by atoms with Gasteiger partial charge in [-0.15, -0.1) is 11.3 Å². The molecule has 2 aromatic heterocycles. The zero-order chi connectivity index (χ0) is 14.4. The Bertz CT molecular complexity index is 708. The predicted molar refractivity (Wildman–Crippen MR) is 90.0 cm³/mol. The number of pyridine rings is 1. The van der Waals surface area contributed by atoms with Gasteiger partial charge in [-0.1, -0.05) is 6.92 Å². The van der Waals surface area contributed by atoms with Crippen molar-refractivity contribution in [3.63, 3.8) is 0 Å². The van der Waals surface area contributed by atoms with Gasteiger partial charge in [-0.05, 0) is 66.7 Å². The third-order valence-electron chi connectivity index (χ3n) is 4.14. The number of carboxylic acids is 1. The molecule has 0 saturated heterocycles. The summed E-state index contributed by atoms with van der Waals surface area (Å²) in [6, 6.07) is 0. The minimum atomic E-state index is -0.870. The fourth-order valence-corrected chi connectivity index (χ4v) is 5.89. The van der Waals surface area contributed by atoms with E-state index < -0.39 is 5.97 Å². The summed E-state index contributed by atoms with van der Waals surface area (Å²) in [6.07, 6.45) is 4.68. The van der Waals surface area contributed by atoms with Crippen molar-refractivity contribution in [3.05, 3.63) is 25.3 Å². The first-order chi connectivity index (χ1) is 9.54. The van der Waals surface area contributed by atoms with Gasteiger partial charge in [-0.2, -0.15) is 0 Å². The first kappa shape index (κ1) is 14.3. The summed E-state index contributed by atoms with van der Waals surface area (Å²) in [6.45, 7) is 4.01. The third-order valence-corrected chi connectivity index (χ3v) is 6.38. The van der Waals surface area contributed by atoms with Gasteiger partial charge in [-0.3, -0.25) is 0 Å². The number of hydrogen-bond donors (Lipinski definition) is 1. The van der Waals surface area contributed by atoms with Gasteiger partial charge in [0, 0.05) is 13.8 Å². The van der Waals surface area contributed by atoms with E-state index in [4.69, 9.17) is 0 Å². The van der Waals surface area contributed by atoms with Crippen LogP contribution in [0, 0.1) is 10.5 Å². The Hall–Kier alpha value is -0.690. The van der Waals surface area contributed by atoms with E-state index >= 15 is 0 Å². The summed E-state index contributed by atoms with van der Waals surface area (Å²) in [5, 5.41) is 10.5. The van der Waals surface area contributed by atoms with Crippen LogP contribution >= 0.6 is 33.9 Å². The highest BCUT2D eigenvalue weighted by Crippen LogP contribution is 2.45. The van der Waals surface area contributed by atoms with Gasteiger partial charge in [0.05, 0.1) is 11.3 Å². The highest BCUT2D eigenvalue weighted by atomic mass is 127. The average Bonchev–Trinajstić information content (AvgIpc) is 2.75. The first-order valence-electron chi connectivity index (χ1n) is 6.89. The first-order valence-corrected chi connectivity index (χ1v) is 8.78. The molecule has 1 aliphatic rings. The van der Waals surface area contributed by atoms with Gasteiger partial charge in [0.2, 0.25) is 0 Å². The van der Waals surface area contributed by atoms with Crippen LogP contribution in [0.1, 0.15) is 58.6 Å². The molecule has 1 atom stereocenters. The van der Waals surface area contributed by atoms with Crippen LogP contribution in [0.15, 0.2) is 0 Å². The van der Waals surface area contributed by atoms with E-state index in [0.717, 1.165) is 26.6 Å². The largest absolute Gasteiger partial charge is 0.478 e. The van der Waals surface area contributed by atoms with Gasteiger partial charge < -0.3 is 5.11 Å². The minimum Gasteiger partial charge on any atom is -0.478 e. The maximum Gasteiger partial charge on any atom is 0.338 e. The van der Waals surface area contributed by atoms with E-state index in [0.29, 0.717) is 17.2 Å². The number of hydrogen-bond acceptors (Lipinski definition) is 3. The molecule has 0 aromatic carbocycles. The number of aromatic carboxylic acids is 1. The molecule has 3 rings (SSSR count). The Morgan fingerprint density at radius 1 is 1.55 bits per heavy atom. The topological polar surface area (TPSA) is 50.2 Å². The fourth-order valence-electron chi connectivity index (χ4n) is 3.19. The van der Waals surface area contributed by atoms with Crippen molar-refractivity contribution < 1.29 is 9.90 Å². The Balaban J connectivity index is 2.38. The van der Waals surface area contributed by atoms with Crippen LogP contribution in [0.4, 0.5) is 0 Å². The molecule has 20 heavy (non-hydrogen) atoms. The molecular formula is C15H16INO2S. The molecule has 0 saturated carbocycles. The van der Waals surface area contributed by atoms with Gasteiger partial charge in [0.1, 0.15) is 4.83 Å². The van der Waals surface area contributed by atoms with Crippen molar-refractivity contribution in [2.24, 2.45) is 0 Å². The monoisotopic (exact) mass is 401 g/mol. The van der Waals surface area contributed by atoms with E-state index in [-0.39, 0.29) is 0 Å². The molecule has 0 radical (unpaired) electrons. The molecule has 0 aliphatic heterocycles. The van der Waals surface area contributed by atoms with E-state index in [2.05, 4.69) is 34.5 Å². The molecule has 0 spiro atoms. The number of aryl methyl sites for hydroxylation is 2. The van der Waals surface area contributed by atoms with Crippen molar-refractivity contribution in [1.82, 2.24) is 4.98 Å². The highest BCUT2D eigenvalue weighted by molar-refractivity contribution is 14.1. The molecule has 1 N–H and O–H groups in total. The van der Waals surface area contributed by atoms with E-state index in [1.54, 1.807) is 18.3 Å². The van der Waals surface area contributed by atoms with Gasteiger partial charge in [0.25, 0.3) is 0 Å². The van der Waals surface area contributed by atoms with Crippen molar-refractivity contribution in [2.45, 2.75) is 45.4 Å². The zero-order valence-electron chi connectivity index (χ0n) is 11.5. The molecule has 5 heteroatoms. The zero-order valence-corrected chi connectivity index (χ0v) is 14.5. The SMILES string of the molecule is CCC1CCCc2sc3nc(C)c(C(=O)O)c(I)c3c21. The lowest BCUT2D eigenvalue weighted by molar-refractivity contribution is 0.0694. The second-order valence-corrected chi connectivity index (χ2v) is 7.47. The molecule has 3 nitrogen and oxygen atoms in total. The van der Waals surface area contributed by atoms with Crippen LogP contribution in [-0.2, 0) is 6.42 Å². The van der Waals surface area contributed by atoms with Crippen LogP contribution < -0.4 is 0 Å². The number of aromatic nitrogens is 1. The van der Waals surface area contributed by atoms with Gasteiger partial charge in [0.15, 0.2) is 0 Å². The Labute approximate surface area is 135 Å². The summed E-state index contributed by atoms with van der Waals surface area (Å²) in [5.41, 5.74) is 2.39. The highest BCUT2D eigenvalue weighted by Gasteiger charge is 2.28. The fraction of sp³-hybridized carbons (Fsp3) is 0.467. The van der Waals surface area contributed by atoms with Crippen molar-refractivity contribution in [3.8, 4) is 0 Å². The lowest BCUT2D eigenvalue weighted by Crippen LogP contribution is -2.09. The summed E-state index contributed by atoms with van der Waals surface area (Å²) >= 11 is 3.95. The molecular weight excluding hydrogens is 385 g/mol. The molecule has 0 amide bonds. The second-order valence-electron chi connectivity index (χ2n) is 5.31. The van der Waals surface area contributed by atoms with E-state index in [9.17, 15) is 9.90 Å². The van der Waals surface area contributed by atoms with E-state index in [1.165, 1.54) is 23.3 Å². The molecule has 1 aliphatic carbocycles. The quantitative estimate of drug-likeness (QED) is 0.740. The normalized spacial score (nSPS) is 18.2. The number of nitrogens with zero attached hydrogens (tertiary/aromatic N) is 1. The molecule has 1 unspecified atom stereocenters. The van der Waals surface area contributed by atoms with Crippen molar-refractivity contribution in [2.75, 3.05) is 0 Å². The van der Waals surface area contributed by atoms with Gasteiger partial charge >= 0.3 is 5.97 Å². The summed E-state index contributed by atoms with van der Waals surface area (Å²) in [5.74, 6) is -0.308. The molecule has 2 aromatic rings. The van der Waals surface area contributed by atoms with Crippen LogP contribution in [-0.4, -0.2) is 16.1 Å². The van der Waals surface area contributed by atoms with E-state index in [1.807, 2.05) is 0 Å². The summed E-state index contributed by atoms with van der Waals surface area (Å²) in [4.78, 5) is 18.5. The number of rotatable bonds is 2. The van der Waals surface area contributed by atoms with Gasteiger partial charge in [-0.25, -0.2) is 9.78 Å². The lowest BCUT2D eigenvalue weighted by atomic mass is 9.84. The summed E-state index contributed by atoms with van der Waals surface area (Å²) in [7, 11) is 0. The Morgan fingerprint density at radius 2 is 2.30 bits per heavy atom. The summed E-state index contributed by atoms with van der Waals surface area (Å²) < 4.78 is 0.871. The van der Waals surface area contributed by atoms with Crippen molar-refractivity contribution >= 4 is 50.1 Å². The van der Waals surface area contributed by atoms with Crippen LogP contribution in [0.25, 0.3) is 10.2 Å². The molecule has 106 valence electrons. The molecule has 2 heterocycles. The Kier molecular flexibility index (Phi) is 3.75. The third kappa shape index (κ3) is 2.06. The Morgan fingerprint density at radius 3 is 2.95 bits per heavy atom. The number of fused-ring (bicyclic) bond motifs is 3. The number of carbonyl (C=O) groups is 1.